The molecule has 230 valence electrons. The predicted octanol–water partition coefficient (Wildman–Crippen LogP) is 5.69. The molecule has 0 bridgehead atoms. The number of nitrogens with one attached hydrogen (secondary N) is 1. The van der Waals surface area contributed by atoms with E-state index in [1.807, 2.05) is 0 Å². The standard InChI is InChI=1S/C27H26F8N2O4S/c28-18-3-5-20(6-4-18)42(39,40)24-11-12-37(23(38)36-19-9-13-41-14-10-19)22(24)8-1-16-15-17(2-7-21(16)24)25(29,26(30,31)32)27(33,34)35/h2-7,15,19,22H,1,8-14H2,(H,36,38)/t22-,24-/m1/s1. The van der Waals surface area contributed by atoms with Crippen molar-refractivity contribution in [1.82, 2.24) is 10.2 Å². The number of benzene rings is 2. The van der Waals surface area contributed by atoms with Crippen LogP contribution in [0.5, 0.6) is 0 Å². The van der Waals surface area contributed by atoms with E-state index < -0.39 is 56.1 Å². The molecule has 42 heavy (non-hydrogen) atoms. The van der Waals surface area contributed by atoms with Gasteiger partial charge in [-0.2, -0.15) is 26.3 Å². The van der Waals surface area contributed by atoms with E-state index in [1.54, 1.807) is 0 Å². The van der Waals surface area contributed by atoms with Crippen LogP contribution in [0.1, 0.15) is 42.4 Å². The fourth-order valence-corrected chi connectivity index (χ4v) is 8.76. The molecule has 0 spiro atoms. The molecular weight excluding hydrogens is 600 g/mol. The van der Waals surface area contributed by atoms with E-state index in [0.29, 0.717) is 38.2 Å². The van der Waals surface area contributed by atoms with Crippen molar-refractivity contribution in [3.05, 3.63) is 65.0 Å². The third-order valence-electron chi connectivity index (χ3n) is 8.48. The Kier molecular flexibility index (Phi) is 7.52. The first-order chi connectivity index (χ1) is 19.5. The van der Waals surface area contributed by atoms with E-state index in [0.717, 1.165) is 30.3 Å². The lowest BCUT2D eigenvalue weighted by Crippen LogP contribution is -2.55. The normalized spacial score (nSPS) is 23.8. The summed E-state index contributed by atoms with van der Waals surface area (Å²) in [6, 6.07) is 3.44. The summed E-state index contributed by atoms with van der Waals surface area (Å²) >= 11 is 0. The van der Waals surface area contributed by atoms with Crippen LogP contribution in [0.25, 0.3) is 0 Å². The quantitative estimate of drug-likeness (QED) is 0.350. The fourth-order valence-electron chi connectivity index (χ4n) is 6.40. The highest BCUT2D eigenvalue weighted by molar-refractivity contribution is 7.92. The number of aryl methyl sites for hydroxylation is 1. The molecule has 1 N–H and O–H groups in total. The van der Waals surface area contributed by atoms with Gasteiger partial charge in [0, 0.05) is 31.4 Å². The minimum atomic E-state index is -6.35. The number of carbonyl (C=O) groups excluding carboxylic acids is 1. The second kappa shape index (κ2) is 10.4. The highest BCUT2D eigenvalue weighted by atomic mass is 32.2. The van der Waals surface area contributed by atoms with Gasteiger partial charge in [-0.05, 0) is 67.5 Å². The zero-order chi connectivity index (χ0) is 30.7. The molecule has 2 fully saturated rings. The summed E-state index contributed by atoms with van der Waals surface area (Å²) in [6.07, 6.45) is -12.3. The van der Waals surface area contributed by atoms with Crippen molar-refractivity contribution in [3.8, 4) is 0 Å². The Balaban J connectivity index is 1.63. The molecule has 6 nitrogen and oxygen atoms in total. The third kappa shape index (κ3) is 4.63. The third-order valence-corrected chi connectivity index (χ3v) is 11.0. The smallest absolute Gasteiger partial charge is 0.381 e. The number of alkyl halides is 7. The molecule has 2 aromatic carbocycles. The number of fused-ring (bicyclic) bond motifs is 3. The monoisotopic (exact) mass is 626 g/mol. The van der Waals surface area contributed by atoms with Gasteiger partial charge in [0.1, 0.15) is 10.6 Å². The molecule has 0 aromatic heterocycles. The molecule has 3 aliphatic rings. The van der Waals surface area contributed by atoms with Crippen molar-refractivity contribution >= 4 is 15.9 Å². The van der Waals surface area contributed by atoms with Crippen molar-refractivity contribution in [3.63, 3.8) is 0 Å². The zero-order valence-corrected chi connectivity index (χ0v) is 22.7. The number of amides is 2. The number of hydrogen-bond acceptors (Lipinski definition) is 4. The van der Waals surface area contributed by atoms with Gasteiger partial charge in [0.05, 0.1) is 10.9 Å². The Labute approximate surface area is 235 Å². The molecule has 5 rings (SSSR count). The fraction of sp³-hybridized carbons (Fsp3) is 0.519. The van der Waals surface area contributed by atoms with Gasteiger partial charge >= 0.3 is 24.1 Å². The second-order valence-electron chi connectivity index (χ2n) is 10.7. The SMILES string of the molecule is O=C(NC1CCOCC1)N1CC[C@@]2(S(=O)(=O)c3ccc(F)cc3)c3ccc(C(F)(C(F)(F)F)C(F)(F)F)cc3CC[C@@H]12. The van der Waals surface area contributed by atoms with E-state index in [2.05, 4.69) is 5.32 Å². The molecule has 2 aromatic rings. The maximum absolute atomic E-state index is 14.9. The number of ether oxygens (including phenoxy) is 1. The predicted molar refractivity (Wildman–Crippen MR) is 132 cm³/mol. The minimum Gasteiger partial charge on any atom is -0.381 e. The molecular formula is C27H26F8N2O4S. The van der Waals surface area contributed by atoms with Crippen LogP contribution in [0.2, 0.25) is 0 Å². The van der Waals surface area contributed by atoms with Gasteiger partial charge in [-0.3, -0.25) is 0 Å². The van der Waals surface area contributed by atoms with Crippen molar-refractivity contribution in [2.45, 2.75) is 71.9 Å². The van der Waals surface area contributed by atoms with Gasteiger partial charge in [-0.1, -0.05) is 18.2 Å². The summed E-state index contributed by atoms with van der Waals surface area (Å²) in [5.41, 5.74) is -7.75. The second-order valence-corrected chi connectivity index (χ2v) is 12.9. The molecule has 2 heterocycles. The number of rotatable bonds is 4. The Bertz CT molecular complexity index is 1440. The van der Waals surface area contributed by atoms with E-state index in [4.69, 9.17) is 4.74 Å². The van der Waals surface area contributed by atoms with Gasteiger partial charge in [0.15, 0.2) is 9.84 Å². The molecule has 15 heteroatoms. The van der Waals surface area contributed by atoms with Crippen LogP contribution < -0.4 is 5.32 Å². The lowest BCUT2D eigenvalue weighted by molar-refractivity contribution is -0.348. The summed E-state index contributed by atoms with van der Waals surface area (Å²) in [7, 11) is -4.54. The summed E-state index contributed by atoms with van der Waals surface area (Å²) in [5, 5.41) is 2.86. The van der Waals surface area contributed by atoms with Crippen LogP contribution >= 0.6 is 0 Å². The van der Waals surface area contributed by atoms with Crippen LogP contribution in [0.15, 0.2) is 47.4 Å². The van der Waals surface area contributed by atoms with E-state index in [-0.39, 0.29) is 47.9 Å². The number of likely N-dealkylation sites (tertiary alicyclic amines) is 1. The molecule has 0 saturated carbocycles. The van der Waals surface area contributed by atoms with Crippen LogP contribution in [0.3, 0.4) is 0 Å². The molecule has 2 saturated heterocycles. The molecule has 2 aliphatic heterocycles. The van der Waals surface area contributed by atoms with E-state index in [1.165, 1.54) is 4.90 Å². The lowest BCUT2D eigenvalue weighted by atomic mass is 9.77. The average Bonchev–Trinajstić information content (AvgIpc) is 3.34. The minimum absolute atomic E-state index is 0.0977. The first-order valence-electron chi connectivity index (χ1n) is 13.2. The van der Waals surface area contributed by atoms with Crippen LogP contribution in [0, 0.1) is 5.82 Å². The Morgan fingerprint density at radius 1 is 0.929 bits per heavy atom. The largest absolute Gasteiger partial charge is 0.435 e. The van der Waals surface area contributed by atoms with Crippen molar-refractivity contribution in [2.75, 3.05) is 19.8 Å². The number of carbonyl (C=O) groups is 1. The van der Waals surface area contributed by atoms with Gasteiger partial charge in [-0.15, -0.1) is 0 Å². The Morgan fingerprint density at radius 2 is 1.55 bits per heavy atom. The first kappa shape index (κ1) is 30.5. The summed E-state index contributed by atoms with van der Waals surface area (Å²) < 4.78 is 141. The maximum Gasteiger partial charge on any atom is 0.435 e. The van der Waals surface area contributed by atoms with Crippen molar-refractivity contribution in [1.29, 1.82) is 0 Å². The topological polar surface area (TPSA) is 75.7 Å². The van der Waals surface area contributed by atoms with Crippen LogP contribution in [-0.4, -0.2) is 63.5 Å². The van der Waals surface area contributed by atoms with Crippen molar-refractivity contribution < 1.29 is 53.1 Å². The van der Waals surface area contributed by atoms with Crippen LogP contribution in [-0.2, 0) is 31.4 Å². The summed E-state index contributed by atoms with van der Waals surface area (Å²) in [6.45, 7) is 0.733. The average molecular weight is 627 g/mol. The number of halogens is 8. The molecule has 0 radical (unpaired) electrons. The first-order valence-corrected chi connectivity index (χ1v) is 14.6. The zero-order valence-electron chi connectivity index (χ0n) is 21.9. The van der Waals surface area contributed by atoms with E-state index >= 15 is 0 Å². The van der Waals surface area contributed by atoms with Gasteiger partial charge in [0.25, 0.3) is 0 Å². The highest BCUT2D eigenvalue weighted by Gasteiger charge is 2.73. The molecule has 0 unspecified atom stereocenters. The van der Waals surface area contributed by atoms with Gasteiger partial charge < -0.3 is 15.0 Å². The van der Waals surface area contributed by atoms with Crippen LogP contribution in [0.4, 0.5) is 39.9 Å². The molecule has 2 atom stereocenters. The Hall–Kier alpha value is -2.94. The molecule has 2 amide bonds. The van der Waals surface area contributed by atoms with Gasteiger partial charge in [0.2, 0.25) is 0 Å². The number of urea groups is 1. The summed E-state index contributed by atoms with van der Waals surface area (Å²) in [5.74, 6) is -0.737. The lowest BCUT2D eigenvalue weighted by Gasteiger charge is -2.43. The maximum atomic E-state index is 14.9. The number of hydrogen-bond donors (Lipinski definition) is 1. The highest BCUT2D eigenvalue weighted by Crippen LogP contribution is 2.56. The number of nitrogens with zero attached hydrogens (tertiary/aromatic N) is 1. The van der Waals surface area contributed by atoms with Gasteiger partial charge in [-0.25, -0.2) is 22.0 Å². The van der Waals surface area contributed by atoms with E-state index in [9.17, 15) is 48.3 Å². The molecule has 1 aliphatic carbocycles. The Morgan fingerprint density at radius 3 is 2.14 bits per heavy atom. The number of sulfone groups is 1. The summed E-state index contributed by atoms with van der Waals surface area (Å²) in [4.78, 5) is 14.3. The van der Waals surface area contributed by atoms with Crippen molar-refractivity contribution in [2.24, 2.45) is 0 Å².